The van der Waals surface area contributed by atoms with Gasteiger partial charge in [-0.25, -0.2) is 0 Å². The first-order valence-electron chi connectivity index (χ1n) is 7.16. The van der Waals surface area contributed by atoms with Crippen LogP contribution in [0.2, 0.25) is 0 Å². The Bertz CT molecular complexity index is 243. The molecule has 2 aliphatic carbocycles. The first kappa shape index (κ1) is 12.9. The highest BCUT2D eigenvalue weighted by molar-refractivity contribution is 5.72. The van der Waals surface area contributed by atoms with Crippen LogP contribution in [-0.4, -0.2) is 19.1 Å². The second-order valence-electron chi connectivity index (χ2n) is 5.71. The van der Waals surface area contributed by atoms with Crippen molar-refractivity contribution in [3.05, 3.63) is 0 Å². The minimum absolute atomic E-state index is 0.0415. The molecule has 2 saturated carbocycles. The van der Waals surface area contributed by atoms with Gasteiger partial charge in [-0.2, -0.15) is 0 Å². The van der Waals surface area contributed by atoms with E-state index in [1.807, 2.05) is 0 Å². The minimum Gasteiger partial charge on any atom is -0.465 e. The van der Waals surface area contributed by atoms with Gasteiger partial charge >= 0.3 is 5.97 Å². The molecule has 0 aromatic heterocycles. The molecule has 0 unspecified atom stereocenters. The lowest BCUT2D eigenvalue weighted by Crippen LogP contribution is -2.27. The molecule has 3 heteroatoms. The molecular weight excluding hydrogens is 214 g/mol. The standard InChI is InChI=1S/C14H25NO2/c15-10-12-4-6-13(7-5-12)14(16)17-9-8-11-2-1-3-11/h11-13H,1-10,15H2. The second kappa shape index (κ2) is 6.39. The summed E-state index contributed by atoms with van der Waals surface area (Å²) in [7, 11) is 0. The van der Waals surface area contributed by atoms with Crippen LogP contribution in [0.1, 0.15) is 51.4 Å². The lowest BCUT2D eigenvalue weighted by atomic mass is 9.82. The number of hydrogen-bond donors (Lipinski definition) is 1. The normalized spacial score (nSPS) is 29.7. The fourth-order valence-corrected chi connectivity index (χ4v) is 2.86. The van der Waals surface area contributed by atoms with Crippen LogP contribution in [0.4, 0.5) is 0 Å². The van der Waals surface area contributed by atoms with Crippen LogP contribution in [0.15, 0.2) is 0 Å². The Kier molecular flexibility index (Phi) is 4.84. The van der Waals surface area contributed by atoms with Crippen molar-refractivity contribution in [3.63, 3.8) is 0 Å². The van der Waals surface area contributed by atoms with Gasteiger partial charge in [0.05, 0.1) is 12.5 Å². The average molecular weight is 239 g/mol. The zero-order valence-electron chi connectivity index (χ0n) is 10.7. The van der Waals surface area contributed by atoms with E-state index in [0.717, 1.165) is 44.6 Å². The SMILES string of the molecule is NCC1CCC(C(=O)OCCC2CCC2)CC1. The summed E-state index contributed by atoms with van der Waals surface area (Å²) in [6, 6.07) is 0. The molecule has 0 spiro atoms. The number of ether oxygens (including phenoxy) is 1. The summed E-state index contributed by atoms with van der Waals surface area (Å²) < 4.78 is 5.39. The summed E-state index contributed by atoms with van der Waals surface area (Å²) in [5.74, 6) is 1.66. The van der Waals surface area contributed by atoms with Crippen molar-refractivity contribution >= 4 is 5.97 Å². The average Bonchev–Trinajstić information content (AvgIpc) is 2.32. The van der Waals surface area contributed by atoms with Crippen LogP contribution in [0, 0.1) is 17.8 Å². The van der Waals surface area contributed by atoms with Gasteiger partial charge < -0.3 is 10.5 Å². The lowest BCUT2D eigenvalue weighted by molar-refractivity contribution is -0.150. The van der Waals surface area contributed by atoms with Gasteiger partial charge in [0.2, 0.25) is 0 Å². The van der Waals surface area contributed by atoms with Crippen LogP contribution < -0.4 is 5.73 Å². The van der Waals surface area contributed by atoms with Gasteiger partial charge in [0.1, 0.15) is 0 Å². The number of hydrogen-bond acceptors (Lipinski definition) is 3. The molecule has 0 radical (unpaired) electrons. The fourth-order valence-electron chi connectivity index (χ4n) is 2.86. The molecule has 0 bridgehead atoms. The molecule has 0 saturated heterocycles. The molecule has 0 aromatic carbocycles. The molecule has 2 fully saturated rings. The Balaban J connectivity index is 1.59. The molecule has 2 N–H and O–H groups in total. The van der Waals surface area contributed by atoms with Crippen LogP contribution in [0.25, 0.3) is 0 Å². The third-order valence-electron chi connectivity index (χ3n) is 4.51. The third-order valence-corrected chi connectivity index (χ3v) is 4.51. The van der Waals surface area contributed by atoms with Gasteiger partial charge in [0, 0.05) is 0 Å². The Labute approximate surface area is 104 Å². The summed E-state index contributed by atoms with van der Waals surface area (Å²) in [5, 5.41) is 0. The summed E-state index contributed by atoms with van der Waals surface area (Å²) in [6.45, 7) is 1.41. The monoisotopic (exact) mass is 239 g/mol. The van der Waals surface area contributed by atoms with E-state index in [1.165, 1.54) is 19.3 Å². The minimum atomic E-state index is 0.0415. The van der Waals surface area contributed by atoms with E-state index < -0.39 is 0 Å². The van der Waals surface area contributed by atoms with Crippen LogP contribution in [0.5, 0.6) is 0 Å². The van der Waals surface area contributed by atoms with Crippen molar-refractivity contribution in [2.75, 3.05) is 13.2 Å². The maximum Gasteiger partial charge on any atom is 0.308 e. The maximum atomic E-state index is 11.8. The van der Waals surface area contributed by atoms with Gasteiger partial charge in [-0.05, 0) is 50.5 Å². The number of nitrogens with two attached hydrogens (primary N) is 1. The first-order chi connectivity index (χ1) is 8.29. The van der Waals surface area contributed by atoms with E-state index in [1.54, 1.807) is 0 Å². The van der Waals surface area contributed by atoms with E-state index in [4.69, 9.17) is 10.5 Å². The molecule has 2 aliphatic rings. The number of carbonyl (C=O) groups excluding carboxylic acids is 1. The topological polar surface area (TPSA) is 52.3 Å². The Morgan fingerprint density at radius 2 is 1.76 bits per heavy atom. The van der Waals surface area contributed by atoms with Crippen LogP contribution in [0.3, 0.4) is 0 Å². The molecule has 0 atom stereocenters. The summed E-state index contributed by atoms with van der Waals surface area (Å²) >= 11 is 0. The smallest absolute Gasteiger partial charge is 0.308 e. The highest BCUT2D eigenvalue weighted by Crippen LogP contribution is 2.31. The predicted molar refractivity (Wildman–Crippen MR) is 67.4 cm³/mol. The first-order valence-corrected chi connectivity index (χ1v) is 7.16. The predicted octanol–water partition coefficient (Wildman–Crippen LogP) is 2.48. The summed E-state index contributed by atoms with van der Waals surface area (Å²) in [6.07, 6.45) is 9.25. The van der Waals surface area contributed by atoms with Crippen molar-refractivity contribution < 1.29 is 9.53 Å². The third kappa shape index (κ3) is 3.70. The number of carbonyl (C=O) groups is 1. The van der Waals surface area contributed by atoms with E-state index in [2.05, 4.69) is 0 Å². The summed E-state index contributed by atoms with van der Waals surface area (Å²) in [4.78, 5) is 11.8. The van der Waals surface area contributed by atoms with Gasteiger partial charge in [-0.3, -0.25) is 4.79 Å². The molecule has 0 heterocycles. The molecule has 98 valence electrons. The van der Waals surface area contributed by atoms with Gasteiger partial charge in [-0.1, -0.05) is 19.3 Å². The van der Waals surface area contributed by atoms with E-state index in [0.29, 0.717) is 12.5 Å². The van der Waals surface area contributed by atoms with E-state index >= 15 is 0 Å². The van der Waals surface area contributed by atoms with E-state index in [9.17, 15) is 4.79 Å². The molecule has 0 amide bonds. The van der Waals surface area contributed by atoms with Crippen molar-refractivity contribution in [1.29, 1.82) is 0 Å². The Hall–Kier alpha value is -0.570. The Morgan fingerprint density at radius 3 is 2.29 bits per heavy atom. The molecular formula is C14H25NO2. The van der Waals surface area contributed by atoms with Gasteiger partial charge in [0.15, 0.2) is 0 Å². The highest BCUT2D eigenvalue weighted by atomic mass is 16.5. The molecule has 0 aromatic rings. The van der Waals surface area contributed by atoms with Crippen LogP contribution in [-0.2, 0) is 9.53 Å². The zero-order valence-corrected chi connectivity index (χ0v) is 10.7. The Morgan fingerprint density at radius 1 is 1.06 bits per heavy atom. The largest absolute Gasteiger partial charge is 0.465 e. The molecule has 0 aliphatic heterocycles. The van der Waals surface area contributed by atoms with E-state index in [-0.39, 0.29) is 11.9 Å². The second-order valence-corrected chi connectivity index (χ2v) is 5.71. The van der Waals surface area contributed by atoms with Crippen molar-refractivity contribution in [2.24, 2.45) is 23.5 Å². The quantitative estimate of drug-likeness (QED) is 0.750. The van der Waals surface area contributed by atoms with Crippen molar-refractivity contribution in [3.8, 4) is 0 Å². The molecule has 2 rings (SSSR count). The summed E-state index contributed by atoms with van der Waals surface area (Å²) in [5.41, 5.74) is 5.64. The lowest BCUT2D eigenvalue weighted by Gasteiger charge is -2.27. The van der Waals surface area contributed by atoms with Gasteiger partial charge in [-0.15, -0.1) is 0 Å². The highest BCUT2D eigenvalue weighted by Gasteiger charge is 2.27. The number of rotatable bonds is 5. The van der Waals surface area contributed by atoms with Gasteiger partial charge in [0.25, 0.3) is 0 Å². The van der Waals surface area contributed by atoms with Crippen molar-refractivity contribution in [1.82, 2.24) is 0 Å². The molecule has 17 heavy (non-hydrogen) atoms. The fraction of sp³-hybridized carbons (Fsp3) is 0.929. The maximum absolute atomic E-state index is 11.8. The zero-order chi connectivity index (χ0) is 12.1. The molecule has 3 nitrogen and oxygen atoms in total. The van der Waals surface area contributed by atoms with Crippen LogP contribution >= 0.6 is 0 Å². The van der Waals surface area contributed by atoms with Crippen molar-refractivity contribution in [2.45, 2.75) is 51.4 Å². The number of esters is 1.